The number of rotatable bonds is 5. The van der Waals surface area contributed by atoms with Gasteiger partial charge in [0.05, 0.1) is 17.3 Å². The lowest BCUT2D eigenvalue weighted by Gasteiger charge is -2.23. The molecule has 0 radical (unpaired) electrons. The number of likely N-dealkylation sites (N-methyl/N-ethyl adjacent to an activating group) is 1. The third-order valence-electron chi connectivity index (χ3n) is 3.35. The van der Waals surface area contributed by atoms with Gasteiger partial charge < -0.3 is 16.0 Å². The van der Waals surface area contributed by atoms with E-state index in [0.29, 0.717) is 16.4 Å². The molecule has 22 heavy (non-hydrogen) atoms. The topological polar surface area (TPSA) is 58.4 Å². The Labute approximate surface area is 135 Å². The van der Waals surface area contributed by atoms with Gasteiger partial charge >= 0.3 is 0 Å². The Morgan fingerprint density at radius 2 is 2.05 bits per heavy atom. The van der Waals surface area contributed by atoms with Gasteiger partial charge in [0.15, 0.2) is 0 Å². The molecule has 0 aromatic heterocycles. The van der Waals surface area contributed by atoms with Crippen LogP contribution in [0.3, 0.4) is 0 Å². The smallest absolute Gasteiger partial charge is 0.243 e. The number of nitrogens with two attached hydrogens (primary N) is 1. The van der Waals surface area contributed by atoms with E-state index in [-0.39, 0.29) is 12.5 Å². The Hall–Kier alpha value is -2.20. The molecule has 0 aliphatic heterocycles. The predicted octanol–water partition coefficient (Wildman–Crippen LogP) is 3.70. The van der Waals surface area contributed by atoms with Crippen LogP contribution in [0.5, 0.6) is 0 Å². The highest BCUT2D eigenvalue weighted by Gasteiger charge is 2.12. The van der Waals surface area contributed by atoms with Crippen molar-refractivity contribution < 1.29 is 4.79 Å². The van der Waals surface area contributed by atoms with E-state index in [9.17, 15) is 4.79 Å². The van der Waals surface area contributed by atoms with Crippen molar-refractivity contribution in [2.24, 2.45) is 0 Å². The number of hydrogen-bond donors (Lipinski definition) is 2. The maximum Gasteiger partial charge on any atom is 0.243 e. The standard InChI is InChI=1S/C17H20ClN3O/c1-3-21(14-6-4-5-12(2)9-14)11-17(22)20-16-8-7-13(19)10-15(16)18/h4-10H,3,11,19H2,1-2H3,(H,20,22). The van der Waals surface area contributed by atoms with E-state index >= 15 is 0 Å². The van der Waals surface area contributed by atoms with Crippen molar-refractivity contribution >= 4 is 34.6 Å². The maximum atomic E-state index is 12.2. The van der Waals surface area contributed by atoms with Gasteiger partial charge in [-0.2, -0.15) is 0 Å². The Kier molecular flexibility index (Phi) is 5.28. The van der Waals surface area contributed by atoms with Crippen LogP contribution < -0.4 is 16.0 Å². The Balaban J connectivity index is 2.06. The lowest BCUT2D eigenvalue weighted by atomic mass is 10.2. The van der Waals surface area contributed by atoms with Crippen LogP contribution in [0.4, 0.5) is 17.1 Å². The summed E-state index contributed by atoms with van der Waals surface area (Å²) in [7, 11) is 0. The average Bonchev–Trinajstić information content (AvgIpc) is 2.47. The number of aryl methyl sites for hydroxylation is 1. The first-order valence-corrected chi connectivity index (χ1v) is 7.54. The molecule has 0 heterocycles. The molecule has 4 nitrogen and oxygen atoms in total. The number of nitrogen functional groups attached to an aromatic ring is 1. The third-order valence-corrected chi connectivity index (χ3v) is 3.66. The summed E-state index contributed by atoms with van der Waals surface area (Å²) < 4.78 is 0. The highest BCUT2D eigenvalue weighted by atomic mass is 35.5. The molecule has 2 aromatic carbocycles. The fraction of sp³-hybridized carbons (Fsp3) is 0.235. The van der Waals surface area contributed by atoms with Crippen molar-refractivity contribution in [2.45, 2.75) is 13.8 Å². The molecule has 0 atom stereocenters. The minimum Gasteiger partial charge on any atom is -0.399 e. The number of anilines is 3. The number of halogens is 1. The maximum absolute atomic E-state index is 12.2. The summed E-state index contributed by atoms with van der Waals surface area (Å²) in [5, 5.41) is 3.26. The Morgan fingerprint density at radius 1 is 1.27 bits per heavy atom. The summed E-state index contributed by atoms with van der Waals surface area (Å²) in [6, 6.07) is 13.1. The zero-order valence-electron chi connectivity index (χ0n) is 12.8. The highest BCUT2D eigenvalue weighted by Crippen LogP contribution is 2.24. The zero-order chi connectivity index (χ0) is 16.1. The lowest BCUT2D eigenvalue weighted by Crippen LogP contribution is -2.33. The van der Waals surface area contributed by atoms with Gasteiger partial charge in [-0.25, -0.2) is 0 Å². The molecule has 0 aliphatic rings. The summed E-state index contributed by atoms with van der Waals surface area (Å²) in [6.45, 7) is 5.06. The summed E-state index contributed by atoms with van der Waals surface area (Å²) in [4.78, 5) is 14.2. The largest absolute Gasteiger partial charge is 0.399 e. The highest BCUT2D eigenvalue weighted by molar-refractivity contribution is 6.34. The zero-order valence-corrected chi connectivity index (χ0v) is 13.5. The number of carbonyl (C=O) groups excluding carboxylic acids is 1. The monoisotopic (exact) mass is 317 g/mol. The van der Waals surface area contributed by atoms with E-state index in [2.05, 4.69) is 11.4 Å². The molecule has 3 N–H and O–H groups in total. The molecule has 0 fully saturated rings. The fourth-order valence-corrected chi connectivity index (χ4v) is 2.44. The van der Waals surface area contributed by atoms with Gasteiger partial charge in [0.25, 0.3) is 0 Å². The summed E-state index contributed by atoms with van der Waals surface area (Å²) >= 11 is 6.07. The number of nitrogens with one attached hydrogen (secondary N) is 1. The SMILES string of the molecule is CCN(CC(=O)Nc1ccc(N)cc1Cl)c1cccc(C)c1. The van der Waals surface area contributed by atoms with Crippen LogP contribution in [0.1, 0.15) is 12.5 Å². The van der Waals surface area contributed by atoms with Crippen LogP contribution in [0.25, 0.3) is 0 Å². The molecular weight excluding hydrogens is 298 g/mol. The molecule has 0 unspecified atom stereocenters. The van der Waals surface area contributed by atoms with E-state index in [4.69, 9.17) is 17.3 Å². The van der Waals surface area contributed by atoms with Crippen molar-refractivity contribution in [3.05, 3.63) is 53.1 Å². The van der Waals surface area contributed by atoms with Crippen LogP contribution in [0, 0.1) is 6.92 Å². The molecule has 0 aliphatic carbocycles. The number of benzene rings is 2. The molecule has 0 bridgehead atoms. The van der Waals surface area contributed by atoms with Gasteiger partial charge in [0.1, 0.15) is 0 Å². The lowest BCUT2D eigenvalue weighted by molar-refractivity contribution is -0.115. The summed E-state index contributed by atoms with van der Waals surface area (Å²) in [6.07, 6.45) is 0. The summed E-state index contributed by atoms with van der Waals surface area (Å²) in [5.74, 6) is -0.116. The first-order chi connectivity index (χ1) is 10.5. The first-order valence-electron chi connectivity index (χ1n) is 7.16. The van der Waals surface area contributed by atoms with Crippen molar-refractivity contribution in [1.82, 2.24) is 0 Å². The van der Waals surface area contributed by atoms with Gasteiger partial charge in [-0.05, 0) is 49.7 Å². The van der Waals surface area contributed by atoms with Gasteiger partial charge in [-0.1, -0.05) is 23.7 Å². The van der Waals surface area contributed by atoms with Crippen LogP contribution in [0.2, 0.25) is 5.02 Å². The minimum absolute atomic E-state index is 0.116. The minimum atomic E-state index is -0.116. The van der Waals surface area contributed by atoms with Crippen LogP contribution in [0.15, 0.2) is 42.5 Å². The molecular formula is C17H20ClN3O. The molecule has 1 amide bonds. The second kappa shape index (κ2) is 7.18. The van der Waals surface area contributed by atoms with Crippen molar-refractivity contribution in [1.29, 1.82) is 0 Å². The van der Waals surface area contributed by atoms with Gasteiger partial charge in [0.2, 0.25) is 5.91 Å². The predicted molar refractivity (Wildman–Crippen MR) is 93.6 cm³/mol. The fourth-order valence-electron chi connectivity index (χ4n) is 2.21. The molecule has 5 heteroatoms. The van der Waals surface area contributed by atoms with Gasteiger partial charge in [0, 0.05) is 17.9 Å². The van der Waals surface area contributed by atoms with Crippen LogP contribution in [-0.4, -0.2) is 19.0 Å². The molecule has 0 spiro atoms. The molecule has 116 valence electrons. The number of hydrogen-bond acceptors (Lipinski definition) is 3. The van der Waals surface area contributed by atoms with Crippen LogP contribution in [-0.2, 0) is 4.79 Å². The second-order valence-corrected chi connectivity index (χ2v) is 5.55. The van der Waals surface area contributed by atoms with Crippen molar-refractivity contribution in [3.8, 4) is 0 Å². The van der Waals surface area contributed by atoms with Gasteiger partial charge in [-0.15, -0.1) is 0 Å². The molecule has 2 aromatic rings. The normalized spacial score (nSPS) is 10.3. The third kappa shape index (κ3) is 4.15. The van der Waals surface area contributed by atoms with Crippen LogP contribution >= 0.6 is 11.6 Å². The number of nitrogens with zero attached hydrogens (tertiary/aromatic N) is 1. The molecule has 0 saturated carbocycles. The summed E-state index contributed by atoms with van der Waals surface area (Å²) in [5.41, 5.74) is 8.98. The number of amides is 1. The van der Waals surface area contributed by atoms with Gasteiger partial charge in [-0.3, -0.25) is 4.79 Å². The molecule has 2 rings (SSSR count). The number of carbonyl (C=O) groups is 1. The first kappa shape index (κ1) is 16.2. The Morgan fingerprint density at radius 3 is 2.68 bits per heavy atom. The van der Waals surface area contributed by atoms with E-state index in [1.165, 1.54) is 0 Å². The van der Waals surface area contributed by atoms with E-state index in [1.807, 2.05) is 36.9 Å². The van der Waals surface area contributed by atoms with E-state index < -0.39 is 0 Å². The van der Waals surface area contributed by atoms with E-state index in [1.54, 1.807) is 18.2 Å². The second-order valence-electron chi connectivity index (χ2n) is 5.14. The van der Waals surface area contributed by atoms with Crippen molar-refractivity contribution in [3.63, 3.8) is 0 Å². The average molecular weight is 318 g/mol. The quantitative estimate of drug-likeness (QED) is 0.827. The van der Waals surface area contributed by atoms with Crippen molar-refractivity contribution in [2.75, 3.05) is 29.0 Å². The molecule has 0 saturated heterocycles. The Bertz CT molecular complexity index is 673. The van der Waals surface area contributed by atoms with E-state index in [0.717, 1.165) is 17.8 Å².